The molecule has 2 heterocycles. The number of hydrogen-bond acceptors (Lipinski definition) is 6. The van der Waals surface area contributed by atoms with Crippen molar-refractivity contribution >= 4 is 38.2 Å². The molecule has 2 rings (SSSR count). The SMILES string of the molecule is Cn1nnc(Br)c1C(=O)Cc1csc(N)n1. The lowest BCUT2D eigenvalue weighted by molar-refractivity contribution is 0.0982. The topological polar surface area (TPSA) is 86.7 Å². The first-order valence-electron chi connectivity index (χ1n) is 4.36. The second-order valence-corrected chi connectivity index (χ2v) is 4.77. The van der Waals surface area contributed by atoms with E-state index in [4.69, 9.17) is 5.73 Å². The van der Waals surface area contributed by atoms with Crippen molar-refractivity contribution in [2.24, 2.45) is 7.05 Å². The molecule has 0 amide bonds. The molecule has 6 nitrogen and oxygen atoms in total. The Hall–Kier alpha value is -1.28. The Morgan fingerprint density at radius 2 is 2.44 bits per heavy atom. The Morgan fingerprint density at radius 3 is 2.94 bits per heavy atom. The number of nitrogens with zero attached hydrogens (tertiary/aromatic N) is 4. The first kappa shape index (κ1) is 11.2. The maximum absolute atomic E-state index is 11.9. The quantitative estimate of drug-likeness (QED) is 0.856. The van der Waals surface area contributed by atoms with Crippen LogP contribution in [0, 0.1) is 0 Å². The van der Waals surface area contributed by atoms with E-state index in [9.17, 15) is 4.79 Å². The van der Waals surface area contributed by atoms with Crippen molar-refractivity contribution in [3.63, 3.8) is 0 Å². The second-order valence-electron chi connectivity index (χ2n) is 3.13. The number of nitrogens with two attached hydrogens (primary N) is 1. The fourth-order valence-corrected chi connectivity index (χ4v) is 2.39. The van der Waals surface area contributed by atoms with Gasteiger partial charge in [-0.3, -0.25) is 4.79 Å². The minimum absolute atomic E-state index is 0.0929. The smallest absolute Gasteiger partial charge is 0.189 e. The molecule has 2 N–H and O–H groups in total. The molecule has 0 radical (unpaired) electrons. The molecule has 2 aromatic heterocycles. The lowest BCUT2D eigenvalue weighted by atomic mass is 10.2. The number of ketones is 1. The zero-order valence-electron chi connectivity index (χ0n) is 8.35. The monoisotopic (exact) mass is 301 g/mol. The van der Waals surface area contributed by atoms with Gasteiger partial charge >= 0.3 is 0 Å². The van der Waals surface area contributed by atoms with Crippen molar-refractivity contribution < 1.29 is 4.79 Å². The average Bonchev–Trinajstić information content (AvgIpc) is 2.74. The average molecular weight is 302 g/mol. The van der Waals surface area contributed by atoms with Gasteiger partial charge in [-0.2, -0.15) is 0 Å². The lowest BCUT2D eigenvalue weighted by Crippen LogP contribution is -2.10. The molecule has 0 aliphatic carbocycles. The summed E-state index contributed by atoms with van der Waals surface area (Å²) in [6, 6.07) is 0. The third kappa shape index (κ3) is 2.12. The molecule has 0 saturated carbocycles. The molecule has 0 aliphatic heterocycles. The van der Waals surface area contributed by atoms with Crippen molar-refractivity contribution in [3.05, 3.63) is 21.4 Å². The Bertz CT molecular complexity index is 515. The lowest BCUT2D eigenvalue weighted by Gasteiger charge is -1.98. The van der Waals surface area contributed by atoms with Gasteiger partial charge in [0.15, 0.2) is 15.5 Å². The third-order valence-electron chi connectivity index (χ3n) is 1.96. The van der Waals surface area contributed by atoms with Gasteiger partial charge in [0.05, 0.1) is 12.1 Å². The van der Waals surface area contributed by atoms with E-state index in [0.717, 1.165) is 0 Å². The van der Waals surface area contributed by atoms with E-state index < -0.39 is 0 Å². The van der Waals surface area contributed by atoms with Crippen LogP contribution < -0.4 is 5.73 Å². The zero-order valence-corrected chi connectivity index (χ0v) is 10.7. The molecule has 8 heteroatoms. The summed E-state index contributed by atoms with van der Waals surface area (Å²) in [5.74, 6) is -0.0929. The molecule has 0 aliphatic rings. The Labute approximate surface area is 104 Å². The predicted octanol–water partition coefficient (Wildman–Crippen LogP) is 1.04. The van der Waals surface area contributed by atoms with Crippen LogP contribution in [-0.2, 0) is 13.5 Å². The summed E-state index contributed by atoms with van der Waals surface area (Å²) in [4.78, 5) is 15.9. The summed E-state index contributed by atoms with van der Waals surface area (Å²) >= 11 is 4.50. The van der Waals surface area contributed by atoms with Crippen LogP contribution in [0.2, 0.25) is 0 Å². The Kier molecular flexibility index (Phi) is 3.01. The summed E-state index contributed by atoms with van der Waals surface area (Å²) < 4.78 is 1.88. The van der Waals surface area contributed by atoms with E-state index in [1.807, 2.05) is 0 Å². The van der Waals surface area contributed by atoms with Crippen molar-refractivity contribution in [2.75, 3.05) is 5.73 Å². The number of anilines is 1. The van der Waals surface area contributed by atoms with Gasteiger partial charge in [0.1, 0.15) is 5.69 Å². The number of halogens is 1. The highest BCUT2D eigenvalue weighted by Gasteiger charge is 2.18. The number of Topliss-reactive ketones (excluding diaryl/α,β-unsaturated/α-hetero) is 1. The molecule has 84 valence electrons. The van der Waals surface area contributed by atoms with Gasteiger partial charge in [-0.25, -0.2) is 9.67 Å². The van der Waals surface area contributed by atoms with Crippen LogP contribution in [0.25, 0.3) is 0 Å². The van der Waals surface area contributed by atoms with Crippen LogP contribution in [-0.4, -0.2) is 25.8 Å². The van der Waals surface area contributed by atoms with E-state index in [1.54, 1.807) is 12.4 Å². The van der Waals surface area contributed by atoms with E-state index >= 15 is 0 Å². The zero-order chi connectivity index (χ0) is 11.7. The molecular formula is C8H8BrN5OS. The summed E-state index contributed by atoms with van der Waals surface area (Å²) in [6.07, 6.45) is 0.202. The van der Waals surface area contributed by atoms with Gasteiger partial charge in [-0.05, 0) is 15.9 Å². The molecule has 0 unspecified atom stereocenters. The molecule has 16 heavy (non-hydrogen) atoms. The number of aryl methyl sites for hydroxylation is 1. The largest absolute Gasteiger partial charge is 0.375 e. The molecular weight excluding hydrogens is 294 g/mol. The highest BCUT2D eigenvalue weighted by molar-refractivity contribution is 9.10. The van der Waals surface area contributed by atoms with Crippen LogP contribution in [0.1, 0.15) is 16.2 Å². The minimum Gasteiger partial charge on any atom is -0.375 e. The number of thiazole rings is 1. The minimum atomic E-state index is -0.0929. The summed E-state index contributed by atoms with van der Waals surface area (Å²) in [5.41, 5.74) is 6.59. The third-order valence-corrected chi connectivity index (χ3v) is 3.22. The standard InChI is InChI=1S/C8H8BrN5OS/c1-14-6(7(9)12-13-14)5(15)2-4-3-16-8(10)11-4/h3H,2H2,1H3,(H2,10,11). The summed E-state index contributed by atoms with van der Waals surface area (Å²) in [7, 11) is 1.67. The summed E-state index contributed by atoms with van der Waals surface area (Å²) in [5, 5.41) is 9.72. The predicted molar refractivity (Wildman–Crippen MR) is 63.3 cm³/mol. The molecule has 0 atom stereocenters. The Balaban J connectivity index is 2.21. The highest BCUT2D eigenvalue weighted by Crippen LogP contribution is 2.17. The van der Waals surface area contributed by atoms with Gasteiger partial charge in [-0.1, -0.05) is 5.21 Å². The summed E-state index contributed by atoms with van der Waals surface area (Å²) in [6.45, 7) is 0. The van der Waals surface area contributed by atoms with Gasteiger partial charge in [0.25, 0.3) is 0 Å². The molecule has 0 aromatic carbocycles. The van der Waals surface area contributed by atoms with Crippen molar-refractivity contribution in [2.45, 2.75) is 6.42 Å². The van der Waals surface area contributed by atoms with Gasteiger partial charge in [0, 0.05) is 12.4 Å². The Morgan fingerprint density at radius 1 is 1.69 bits per heavy atom. The van der Waals surface area contributed by atoms with Crippen LogP contribution >= 0.6 is 27.3 Å². The van der Waals surface area contributed by atoms with Crippen LogP contribution in [0.4, 0.5) is 5.13 Å². The molecule has 2 aromatic rings. The van der Waals surface area contributed by atoms with Crippen LogP contribution in [0.3, 0.4) is 0 Å². The molecule has 0 saturated heterocycles. The number of aromatic nitrogens is 4. The van der Waals surface area contributed by atoms with E-state index in [1.165, 1.54) is 16.0 Å². The first-order valence-corrected chi connectivity index (χ1v) is 6.03. The fraction of sp³-hybridized carbons (Fsp3) is 0.250. The normalized spacial score (nSPS) is 10.6. The van der Waals surface area contributed by atoms with E-state index in [-0.39, 0.29) is 12.2 Å². The van der Waals surface area contributed by atoms with Crippen LogP contribution in [0.15, 0.2) is 9.98 Å². The second kappa shape index (κ2) is 4.30. The molecule has 0 bridgehead atoms. The molecule has 0 spiro atoms. The first-order chi connectivity index (χ1) is 7.58. The number of carbonyl (C=O) groups is 1. The van der Waals surface area contributed by atoms with Crippen molar-refractivity contribution in [1.29, 1.82) is 0 Å². The van der Waals surface area contributed by atoms with E-state index in [0.29, 0.717) is 21.1 Å². The van der Waals surface area contributed by atoms with Crippen molar-refractivity contribution in [1.82, 2.24) is 20.0 Å². The van der Waals surface area contributed by atoms with Gasteiger partial charge in [0.2, 0.25) is 0 Å². The highest BCUT2D eigenvalue weighted by atomic mass is 79.9. The number of carbonyl (C=O) groups excluding carboxylic acids is 1. The van der Waals surface area contributed by atoms with Crippen molar-refractivity contribution in [3.8, 4) is 0 Å². The number of hydrogen-bond donors (Lipinski definition) is 1. The maximum Gasteiger partial charge on any atom is 0.189 e. The van der Waals surface area contributed by atoms with Gasteiger partial charge in [-0.15, -0.1) is 16.4 Å². The molecule has 0 fully saturated rings. The number of nitrogen functional groups attached to an aromatic ring is 1. The van der Waals surface area contributed by atoms with E-state index in [2.05, 4.69) is 31.2 Å². The van der Waals surface area contributed by atoms with Gasteiger partial charge < -0.3 is 5.73 Å². The van der Waals surface area contributed by atoms with Crippen LogP contribution in [0.5, 0.6) is 0 Å². The number of rotatable bonds is 3. The fourth-order valence-electron chi connectivity index (χ4n) is 1.28. The maximum atomic E-state index is 11.9.